The van der Waals surface area contributed by atoms with Gasteiger partial charge in [-0.1, -0.05) is 18.2 Å². The van der Waals surface area contributed by atoms with Crippen LogP contribution in [0.5, 0.6) is 0 Å². The third kappa shape index (κ3) is 6.56. The van der Waals surface area contributed by atoms with Gasteiger partial charge >= 0.3 is 6.09 Å². The van der Waals surface area contributed by atoms with Crippen molar-refractivity contribution >= 4 is 41.0 Å². The molecule has 4 amide bonds. The number of ether oxygens (including phenoxy) is 1. The number of nitrogens with zero attached hydrogens (tertiary/aromatic N) is 2. The van der Waals surface area contributed by atoms with Gasteiger partial charge in [0.25, 0.3) is 11.1 Å². The number of halogens is 1. The topological polar surface area (TPSA) is 96.0 Å². The summed E-state index contributed by atoms with van der Waals surface area (Å²) in [6, 6.07) is 5.99. The molecule has 1 aromatic carbocycles. The summed E-state index contributed by atoms with van der Waals surface area (Å²) in [6.07, 6.45) is 2.23. The van der Waals surface area contributed by atoms with Crippen LogP contribution in [0.2, 0.25) is 0 Å². The number of imide groups is 1. The molecule has 8 nitrogen and oxygen atoms in total. The minimum Gasteiger partial charge on any atom is -0.444 e. The van der Waals surface area contributed by atoms with Crippen LogP contribution in [-0.2, 0) is 14.3 Å². The van der Waals surface area contributed by atoms with E-state index in [1.54, 1.807) is 32.9 Å². The van der Waals surface area contributed by atoms with Crippen molar-refractivity contribution in [2.75, 3.05) is 26.2 Å². The highest BCUT2D eigenvalue weighted by Crippen LogP contribution is 2.32. The van der Waals surface area contributed by atoms with E-state index in [9.17, 15) is 23.6 Å². The molecular weight excluding hydrogens is 449 g/mol. The van der Waals surface area contributed by atoms with Crippen LogP contribution in [0, 0.1) is 11.7 Å². The first-order chi connectivity index (χ1) is 15.5. The monoisotopic (exact) mass is 477 g/mol. The summed E-state index contributed by atoms with van der Waals surface area (Å²) in [7, 11) is 0. The van der Waals surface area contributed by atoms with Crippen LogP contribution < -0.4 is 5.32 Å². The van der Waals surface area contributed by atoms with Gasteiger partial charge in [-0.2, -0.15) is 0 Å². The fraction of sp³-hybridized carbons (Fsp3) is 0.478. The van der Waals surface area contributed by atoms with Crippen LogP contribution in [-0.4, -0.2) is 64.7 Å². The minimum absolute atomic E-state index is 0.00746. The maximum absolute atomic E-state index is 13.8. The zero-order valence-corrected chi connectivity index (χ0v) is 19.7. The van der Waals surface area contributed by atoms with Crippen LogP contribution >= 0.6 is 11.8 Å². The fourth-order valence-corrected chi connectivity index (χ4v) is 4.40. The summed E-state index contributed by atoms with van der Waals surface area (Å²) in [5.74, 6) is -1.62. The molecule has 3 rings (SSSR count). The number of carbonyl (C=O) groups is 4. The molecule has 0 radical (unpaired) electrons. The Morgan fingerprint density at radius 3 is 2.70 bits per heavy atom. The van der Waals surface area contributed by atoms with Crippen molar-refractivity contribution < 1.29 is 28.3 Å². The van der Waals surface area contributed by atoms with E-state index in [0.717, 1.165) is 16.7 Å². The second-order valence-corrected chi connectivity index (χ2v) is 9.90. The first-order valence-corrected chi connectivity index (χ1v) is 11.6. The minimum atomic E-state index is -0.612. The van der Waals surface area contributed by atoms with Crippen LogP contribution in [0.1, 0.15) is 39.2 Å². The number of likely N-dealkylation sites (tertiary alicyclic amines) is 1. The molecule has 1 atom stereocenters. The molecule has 0 bridgehead atoms. The molecule has 2 aliphatic heterocycles. The zero-order valence-electron chi connectivity index (χ0n) is 18.9. The first-order valence-electron chi connectivity index (χ1n) is 10.8. The summed E-state index contributed by atoms with van der Waals surface area (Å²) in [6.45, 7) is 6.25. The zero-order chi connectivity index (χ0) is 24.2. The fourth-order valence-electron chi connectivity index (χ4n) is 3.54. The Balaban J connectivity index is 1.51. The lowest BCUT2D eigenvalue weighted by Crippen LogP contribution is -2.48. The molecule has 0 saturated carbocycles. The highest BCUT2D eigenvalue weighted by molar-refractivity contribution is 8.18. The molecule has 33 heavy (non-hydrogen) atoms. The number of benzene rings is 1. The number of carbonyl (C=O) groups excluding carboxylic acids is 4. The Morgan fingerprint density at radius 1 is 1.27 bits per heavy atom. The van der Waals surface area contributed by atoms with E-state index in [0.29, 0.717) is 19.4 Å². The summed E-state index contributed by atoms with van der Waals surface area (Å²) in [5.41, 5.74) is -0.387. The number of nitrogens with one attached hydrogen (secondary N) is 1. The van der Waals surface area contributed by atoms with Gasteiger partial charge in [0, 0.05) is 31.7 Å². The second-order valence-electron chi connectivity index (χ2n) is 8.91. The number of piperidine rings is 1. The SMILES string of the molecule is CC(C)(C)OC(=O)N1CCCC(C(=O)NCCN2C(=O)S/C(=C\c3ccccc3F)C2=O)C1. The highest BCUT2D eigenvalue weighted by Gasteiger charge is 2.35. The van der Waals surface area contributed by atoms with Crippen molar-refractivity contribution in [2.45, 2.75) is 39.2 Å². The van der Waals surface area contributed by atoms with Gasteiger partial charge in [0.05, 0.1) is 10.8 Å². The highest BCUT2D eigenvalue weighted by atomic mass is 32.2. The van der Waals surface area contributed by atoms with Gasteiger partial charge in [-0.15, -0.1) is 0 Å². The Morgan fingerprint density at radius 2 is 2.00 bits per heavy atom. The average molecular weight is 478 g/mol. The van der Waals surface area contributed by atoms with Crippen LogP contribution in [0.25, 0.3) is 6.08 Å². The number of hydrogen-bond donors (Lipinski definition) is 1. The molecule has 2 fully saturated rings. The van der Waals surface area contributed by atoms with E-state index >= 15 is 0 Å². The molecule has 178 valence electrons. The van der Waals surface area contributed by atoms with Crippen molar-refractivity contribution in [3.8, 4) is 0 Å². The molecule has 2 saturated heterocycles. The van der Waals surface area contributed by atoms with Gasteiger partial charge < -0.3 is 15.0 Å². The third-order valence-corrected chi connectivity index (χ3v) is 6.05. The van der Waals surface area contributed by atoms with Crippen LogP contribution in [0.4, 0.5) is 14.0 Å². The maximum Gasteiger partial charge on any atom is 0.410 e. The number of amides is 4. The van der Waals surface area contributed by atoms with Gasteiger partial charge in [0.2, 0.25) is 5.91 Å². The molecule has 0 spiro atoms. The molecule has 0 aromatic heterocycles. The standard InChI is InChI=1S/C23H28FN3O5S/c1-23(2,3)32-21(30)26-11-6-8-16(14-26)19(28)25-10-12-27-20(29)18(33-22(27)31)13-15-7-4-5-9-17(15)24/h4-5,7,9,13,16H,6,8,10-12,14H2,1-3H3,(H,25,28)/b18-13-. The lowest BCUT2D eigenvalue weighted by Gasteiger charge is -2.33. The Bertz CT molecular complexity index is 975. The number of hydrogen-bond acceptors (Lipinski definition) is 6. The van der Waals surface area contributed by atoms with E-state index in [1.165, 1.54) is 23.1 Å². The number of rotatable bonds is 5. The summed E-state index contributed by atoms with van der Waals surface area (Å²) < 4.78 is 19.2. The lowest BCUT2D eigenvalue weighted by atomic mass is 9.97. The van der Waals surface area contributed by atoms with E-state index in [2.05, 4.69) is 5.32 Å². The Kier molecular flexibility index (Phi) is 7.78. The van der Waals surface area contributed by atoms with Crippen LogP contribution in [0.15, 0.2) is 29.2 Å². The molecule has 10 heteroatoms. The summed E-state index contributed by atoms with van der Waals surface area (Å²) in [5, 5.41) is 2.28. The Labute approximate surface area is 196 Å². The van der Waals surface area contributed by atoms with Crippen molar-refractivity contribution in [3.63, 3.8) is 0 Å². The van der Waals surface area contributed by atoms with Gasteiger partial charge in [0.15, 0.2) is 0 Å². The molecule has 2 aliphatic rings. The largest absolute Gasteiger partial charge is 0.444 e. The summed E-state index contributed by atoms with van der Waals surface area (Å²) in [4.78, 5) is 52.4. The average Bonchev–Trinajstić information content (AvgIpc) is 3.01. The quantitative estimate of drug-likeness (QED) is 0.651. The smallest absolute Gasteiger partial charge is 0.410 e. The third-order valence-electron chi connectivity index (χ3n) is 5.14. The van der Waals surface area contributed by atoms with Gasteiger partial charge in [-0.3, -0.25) is 19.3 Å². The molecule has 0 aliphatic carbocycles. The molecule has 1 unspecified atom stereocenters. The van der Waals surface area contributed by atoms with Gasteiger partial charge in [0.1, 0.15) is 11.4 Å². The van der Waals surface area contributed by atoms with Crippen molar-refractivity contribution in [2.24, 2.45) is 5.92 Å². The van der Waals surface area contributed by atoms with Crippen molar-refractivity contribution in [1.82, 2.24) is 15.1 Å². The molecular formula is C23H28FN3O5S. The second kappa shape index (κ2) is 10.4. The predicted octanol–water partition coefficient (Wildman–Crippen LogP) is 3.63. The van der Waals surface area contributed by atoms with E-state index < -0.39 is 28.7 Å². The predicted molar refractivity (Wildman–Crippen MR) is 123 cm³/mol. The Hall–Kier alpha value is -2.88. The van der Waals surface area contributed by atoms with Gasteiger partial charge in [-0.05, 0) is 57.5 Å². The van der Waals surface area contributed by atoms with Crippen molar-refractivity contribution in [1.29, 1.82) is 0 Å². The summed E-state index contributed by atoms with van der Waals surface area (Å²) >= 11 is 0.741. The number of thioether (sulfide) groups is 1. The van der Waals surface area contributed by atoms with Crippen LogP contribution in [0.3, 0.4) is 0 Å². The molecule has 1 aromatic rings. The van der Waals surface area contributed by atoms with E-state index in [1.807, 2.05) is 0 Å². The lowest BCUT2D eigenvalue weighted by molar-refractivity contribution is -0.127. The van der Waals surface area contributed by atoms with Crippen molar-refractivity contribution in [3.05, 3.63) is 40.6 Å². The normalized spacial score (nSPS) is 20.4. The van der Waals surface area contributed by atoms with E-state index in [4.69, 9.17) is 4.74 Å². The first kappa shape index (κ1) is 24.8. The van der Waals surface area contributed by atoms with E-state index in [-0.39, 0.29) is 41.9 Å². The molecule has 1 N–H and O–H groups in total. The van der Waals surface area contributed by atoms with Gasteiger partial charge in [-0.25, -0.2) is 9.18 Å². The molecule has 2 heterocycles. The maximum atomic E-state index is 13.8.